The first kappa shape index (κ1) is 19.2. The van der Waals surface area contributed by atoms with Crippen molar-refractivity contribution in [3.8, 4) is 0 Å². The molecule has 0 aromatic heterocycles. The van der Waals surface area contributed by atoms with E-state index in [9.17, 15) is 9.59 Å². The molecule has 0 radical (unpaired) electrons. The number of amides is 2. The number of hydrogen-bond donors (Lipinski definition) is 1. The predicted octanol–water partition coefficient (Wildman–Crippen LogP) is 1.56. The molecule has 0 saturated carbocycles. The summed E-state index contributed by atoms with van der Waals surface area (Å²) in [7, 11) is 1.65. The number of carbonyl (C=O) groups is 2. The van der Waals surface area contributed by atoms with E-state index in [1.54, 1.807) is 24.1 Å². The summed E-state index contributed by atoms with van der Waals surface area (Å²) in [6.45, 7) is 5.30. The van der Waals surface area contributed by atoms with Gasteiger partial charge in [-0.1, -0.05) is 12.1 Å². The van der Waals surface area contributed by atoms with Gasteiger partial charge in [-0.2, -0.15) is 0 Å². The molecule has 0 fully saturated rings. The van der Waals surface area contributed by atoms with Crippen molar-refractivity contribution in [2.24, 2.45) is 0 Å². The topological polar surface area (TPSA) is 66.6 Å². The van der Waals surface area contributed by atoms with Crippen molar-refractivity contribution in [1.29, 1.82) is 0 Å². The lowest BCUT2D eigenvalue weighted by molar-refractivity contribution is -0.138. The monoisotopic (exact) mass is 313 g/mol. The van der Waals surface area contributed by atoms with E-state index < -0.39 is 0 Å². The fraction of sp³-hybridized carbons (Fsp3) is 0.467. The summed E-state index contributed by atoms with van der Waals surface area (Å²) in [5.41, 5.74) is 7.17. The van der Waals surface area contributed by atoms with Crippen LogP contribution in [0, 0.1) is 0 Å². The zero-order valence-corrected chi connectivity index (χ0v) is 13.7. The first-order valence-electron chi connectivity index (χ1n) is 6.84. The summed E-state index contributed by atoms with van der Waals surface area (Å²) in [4.78, 5) is 27.2. The van der Waals surface area contributed by atoms with Crippen LogP contribution in [0.4, 0.5) is 5.69 Å². The number of halogens is 1. The minimum absolute atomic E-state index is 0. The summed E-state index contributed by atoms with van der Waals surface area (Å²) in [6.07, 6.45) is 0.280. The fourth-order valence-corrected chi connectivity index (χ4v) is 1.91. The van der Waals surface area contributed by atoms with E-state index in [2.05, 4.69) is 0 Å². The Kier molecular flexibility index (Phi) is 8.47. The van der Waals surface area contributed by atoms with E-state index in [1.807, 2.05) is 26.0 Å². The fourth-order valence-electron chi connectivity index (χ4n) is 1.91. The Morgan fingerprint density at radius 3 is 2.05 bits per heavy atom. The molecule has 1 aromatic carbocycles. The molecule has 0 heterocycles. The zero-order valence-electron chi connectivity index (χ0n) is 12.8. The highest BCUT2D eigenvalue weighted by atomic mass is 35.5. The molecule has 2 amide bonds. The minimum Gasteiger partial charge on any atom is -0.399 e. The molecule has 0 atom stereocenters. The van der Waals surface area contributed by atoms with E-state index in [4.69, 9.17) is 5.73 Å². The van der Waals surface area contributed by atoms with Crippen LogP contribution in [0.2, 0.25) is 0 Å². The lowest BCUT2D eigenvalue weighted by Crippen LogP contribution is -2.41. The van der Waals surface area contributed by atoms with Crippen molar-refractivity contribution in [1.82, 2.24) is 9.80 Å². The number of carbonyl (C=O) groups excluding carboxylic acids is 2. The molecule has 0 saturated heterocycles. The largest absolute Gasteiger partial charge is 0.399 e. The first-order valence-corrected chi connectivity index (χ1v) is 6.84. The van der Waals surface area contributed by atoms with E-state index in [0.717, 1.165) is 5.56 Å². The number of likely N-dealkylation sites (N-methyl/N-ethyl adjacent to an activating group) is 2. The highest BCUT2D eigenvalue weighted by Gasteiger charge is 2.16. The van der Waals surface area contributed by atoms with Crippen LogP contribution in [-0.4, -0.2) is 48.3 Å². The van der Waals surface area contributed by atoms with Crippen LogP contribution in [0.25, 0.3) is 0 Å². The van der Waals surface area contributed by atoms with Crippen molar-refractivity contribution < 1.29 is 9.59 Å². The van der Waals surface area contributed by atoms with Gasteiger partial charge < -0.3 is 15.5 Å². The van der Waals surface area contributed by atoms with Gasteiger partial charge in [0.1, 0.15) is 0 Å². The van der Waals surface area contributed by atoms with Crippen LogP contribution < -0.4 is 5.73 Å². The Labute approximate surface area is 132 Å². The molecule has 0 aliphatic heterocycles. The van der Waals surface area contributed by atoms with Gasteiger partial charge in [-0.25, -0.2) is 0 Å². The molecule has 0 aliphatic rings. The molecular formula is C15H24ClN3O2. The number of rotatable bonds is 6. The van der Waals surface area contributed by atoms with Crippen LogP contribution in [-0.2, 0) is 16.0 Å². The Morgan fingerprint density at radius 2 is 1.57 bits per heavy atom. The molecule has 118 valence electrons. The lowest BCUT2D eigenvalue weighted by atomic mass is 10.1. The molecule has 21 heavy (non-hydrogen) atoms. The highest BCUT2D eigenvalue weighted by Crippen LogP contribution is 2.07. The van der Waals surface area contributed by atoms with E-state index >= 15 is 0 Å². The summed E-state index contributed by atoms with van der Waals surface area (Å²) >= 11 is 0. The molecule has 0 unspecified atom stereocenters. The number of nitrogens with two attached hydrogens (primary N) is 1. The van der Waals surface area contributed by atoms with Gasteiger partial charge in [0, 0.05) is 25.8 Å². The summed E-state index contributed by atoms with van der Waals surface area (Å²) in [5.74, 6) is -0.0987. The van der Waals surface area contributed by atoms with E-state index in [1.165, 1.54) is 4.90 Å². The van der Waals surface area contributed by atoms with Gasteiger partial charge in [0.15, 0.2) is 0 Å². The molecule has 0 bridgehead atoms. The summed E-state index contributed by atoms with van der Waals surface area (Å²) < 4.78 is 0. The second kappa shape index (κ2) is 9.23. The Bertz CT molecular complexity index is 458. The number of benzene rings is 1. The lowest BCUT2D eigenvalue weighted by Gasteiger charge is -2.23. The third kappa shape index (κ3) is 6.04. The van der Waals surface area contributed by atoms with Gasteiger partial charge in [-0.05, 0) is 31.5 Å². The molecule has 5 nitrogen and oxygen atoms in total. The number of anilines is 1. The zero-order chi connectivity index (χ0) is 15.1. The number of nitrogen functional groups attached to an aromatic ring is 1. The molecule has 0 spiro atoms. The van der Waals surface area contributed by atoms with Crippen LogP contribution >= 0.6 is 12.4 Å². The number of hydrogen-bond acceptors (Lipinski definition) is 3. The second-order valence-electron chi connectivity index (χ2n) is 4.73. The van der Waals surface area contributed by atoms with E-state index in [0.29, 0.717) is 18.8 Å². The maximum absolute atomic E-state index is 12.1. The number of nitrogens with zero attached hydrogens (tertiary/aromatic N) is 2. The quantitative estimate of drug-likeness (QED) is 0.811. The highest BCUT2D eigenvalue weighted by molar-refractivity contribution is 5.86. The SMILES string of the molecule is CCN(CC)C(=O)CN(C)C(=O)Cc1ccc(N)cc1.Cl. The molecule has 0 aliphatic carbocycles. The summed E-state index contributed by atoms with van der Waals surface area (Å²) in [5, 5.41) is 0. The van der Waals surface area contributed by atoms with Gasteiger partial charge in [-0.15, -0.1) is 12.4 Å². The first-order chi connectivity index (χ1) is 9.47. The van der Waals surface area contributed by atoms with Gasteiger partial charge in [0.05, 0.1) is 13.0 Å². The Balaban J connectivity index is 0.00000400. The van der Waals surface area contributed by atoms with Gasteiger partial charge >= 0.3 is 0 Å². The smallest absolute Gasteiger partial charge is 0.242 e. The van der Waals surface area contributed by atoms with Gasteiger partial charge in [0.25, 0.3) is 0 Å². The van der Waals surface area contributed by atoms with E-state index in [-0.39, 0.29) is 37.2 Å². The Morgan fingerprint density at radius 1 is 1.05 bits per heavy atom. The summed E-state index contributed by atoms with van der Waals surface area (Å²) in [6, 6.07) is 7.19. The van der Waals surface area contributed by atoms with Crippen molar-refractivity contribution in [2.45, 2.75) is 20.3 Å². The van der Waals surface area contributed by atoms with Crippen molar-refractivity contribution in [3.63, 3.8) is 0 Å². The average Bonchev–Trinajstić information content (AvgIpc) is 2.42. The molecule has 2 N–H and O–H groups in total. The van der Waals surface area contributed by atoms with Crippen LogP contribution in [0.15, 0.2) is 24.3 Å². The van der Waals surface area contributed by atoms with Crippen LogP contribution in [0.5, 0.6) is 0 Å². The van der Waals surface area contributed by atoms with Crippen molar-refractivity contribution >= 4 is 29.9 Å². The maximum Gasteiger partial charge on any atom is 0.242 e. The third-order valence-corrected chi connectivity index (χ3v) is 3.25. The van der Waals surface area contributed by atoms with Crippen molar-refractivity contribution in [3.05, 3.63) is 29.8 Å². The molecular weight excluding hydrogens is 290 g/mol. The van der Waals surface area contributed by atoms with Crippen LogP contribution in [0.1, 0.15) is 19.4 Å². The van der Waals surface area contributed by atoms with Crippen LogP contribution in [0.3, 0.4) is 0 Å². The van der Waals surface area contributed by atoms with Crippen molar-refractivity contribution in [2.75, 3.05) is 32.4 Å². The normalized spacial score (nSPS) is 9.67. The molecule has 6 heteroatoms. The molecule has 1 rings (SSSR count). The van der Waals surface area contributed by atoms with Gasteiger partial charge in [0.2, 0.25) is 11.8 Å². The minimum atomic E-state index is -0.0738. The predicted molar refractivity (Wildman–Crippen MR) is 87.4 cm³/mol. The maximum atomic E-state index is 12.1. The molecule has 1 aromatic rings. The standard InChI is InChI=1S/C15H23N3O2.ClH/c1-4-18(5-2)15(20)11-17(3)14(19)10-12-6-8-13(16)9-7-12;/h6-9H,4-5,10-11,16H2,1-3H3;1H. The average molecular weight is 314 g/mol. The third-order valence-electron chi connectivity index (χ3n) is 3.25. The second-order valence-corrected chi connectivity index (χ2v) is 4.73. The Hall–Kier alpha value is -1.75. The van der Waals surface area contributed by atoms with Gasteiger partial charge in [-0.3, -0.25) is 9.59 Å².